The SMILES string of the molecule is [C-]#[N+]/C(C#N)=C\c1ccc(-c2ccc(-c3ccc(-c4cc(-c5ccc6c(c5)C(CCCCCCCCCC)(CCCCCCCCCC)c5cc(N(c7ccccc7)c7ccccc7)ccc5-6)c(-c5sc(-c6ccc(/C=C(\C#N)[N+]#[C-])s6)cc5-c5ccc6c(c5)C(CCCCCCCCCC)(CCCCCCCCCC)c5cc(N(c7ccccc7)c7ccccc7)ccc5-6)s4)s3)s2)s1. The van der Waals surface area contributed by atoms with Crippen LogP contribution in [0.25, 0.3) is 115 Å². The fourth-order valence-corrected chi connectivity index (χ4v) is 27.7. The molecule has 2 aliphatic carbocycles. The van der Waals surface area contributed by atoms with Crippen molar-refractivity contribution in [2.45, 2.75) is 270 Å². The van der Waals surface area contributed by atoms with E-state index in [9.17, 15) is 10.5 Å². The van der Waals surface area contributed by atoms with Crippen LogP contribution in [0.1, 0.15) is 291 Å². The standard InChI is InChI=1S/C122H128N6S6/c1-7-11-15-19-23-27-31-47-75-121(76-48-32-28-24-20-16-12-8-2)107-79-89(59-65-101(107)103-67-61-97(83-109(103)121)127(93-51-39-35-40-52-93)94-53-41-36-42-54-94)105-85-117(115-70-64-100(130-115)82-92(88-124)126-6)133-119(105)120-106(86-118(134-120)116-74-73-114(132-116)113-72-71-112(131-113)111-69-63-99(129-111)81-91(87-123)125-5)90-60-66-102-104-68-62-98(128(95-55-43-37-44-56-95)96-57-45-38-46-58-96)84-110(104)122(108(102)80-90,77-49-33-29-25-21-17-13-9-3)78-50-34-30-26-22-18-14-10-4/h35-46,51-74,79-86H,7-34,47-50,75-78H2,1-4H3/b91-81-,92-82+. The minimum absolute atomic E-state index is 0.0807. The molecule has 0 fully saturated rings. The molecule has 8 aromatic carbocycles. The quantitative estimate of drug-likeness (QED) is 0.0217. The fourth-order valence-electron chi connectivity index (χ4n) is 20.9. The molecule has 0 N–H and O–H groups in total. The van der Waals surface area contributed by atoms with Crippen LogP contribution in [-0.2, 0) is 10.8 Å². The number of fused-ring (bicyclic) bond motifs is 6. The Labute approximate surface area is 823 Å². The zero-order valence-corrected chi connectivity index (χ0v) is 83.9. The molecule has 0 unspecified atom stereocenters. The molecule has 6 heterocycles. The van der Waals surface area contributed by atoms with Gasteiger partial charge < -0.3 is 9.80 Å². The number of rotatable bonds is 51. The molecule has 0 aliphatic heterocycles. The summed E-state index contributed by atoms with van der Waals surface area (Å²) in [6, 6.07) is 102. The number of para-hydroxylation sites is 4. The lowest BCUT2D eigenvalue weighted by molar-refractivity contribution is 0.397. The van der Waals surface area contributed by atoms with Crippen LogP contribution in [0.5, 0.6) is 0 Å². The molecule has 0 bridgehead atoms. The van der Waals surface area contributed by atoms with E-state index in [1.165, 1.54) is 287 Å². The van der Waals surface area contributed by atoms with Crippen LogP contribution in [0, 0.1) is 35.8 Å². The van der Waals surface area contributed by atoms with Crippen LogP contribution in [0.15, 0.2) is 266 Å². The summed E-state index contributed by atoms with van der Waals surface area (Å²) in [5, 5.41) is 19.9. The van der Waals surface area contributed by atoms with Gasteiger partial charge >= 0.3 is 0 Å². The van der Waals surface area contributed by atoms with E-state index in [1.54, 1.807) is 46.2 Å². The highest BCUT2D eigenvalue weighted by molar-refractivity contribution is 7.31. The molecule has 6 nitrogen and oxygen atoms in total. The summed E-state index contributed by atoms with van der Waals surface area (Å²) in [7, 11) is 0. The molecule has 134 heavy (non-hydrogen) atoms. The topological polar surface area (TPSA) is 62.8 Å². The third-order valence-corrected chi connectivity index (χ3v) is 35.3. The van der Waals surface area contributed by atoms with Gasteiger partial charge in [0.15, 0.2) is 0 Å². The number of nitriles is 2. The highest BCUT2D eigenvalue weighted by atomic mass is 32.1. The van der Waals surface area contributed by atoms with Crippen molar-refractivity contribution in [2.75, 3.05) is 9.80 Å². The number of benzene rings is 8. The zero-order valence-electron chi connectivity index (χ0n) is 79.0. The molecule has 0 saturated carbocycles. The van der Waals surface area contributed by atoms with Gasteiger partial charge in [0.05, 0.1) is 35.0 Å². The van der Waals surface area contributed by atoms with E-state index in [4.69, 9.17) is 13.1 Å². The van der Waals surface area contributed by atoms with Crippen molar-refractivity contribution in [3.63, 3.8) is 0 Å². The molecule has 14 aromatic rings. The van der Waals surface area contributed by atoms with Crippen LogP contribution in [0.2, 0.25) is 0 Å². The molecular weight excluding hydrogens is 1740 g/mol. The van der Waals surface area contributed by atoms with Crippen molar-refractivity contribution < 1.29 is 0 Å². The average Bonchev–Trinajstić information content (AvgIpc) is 1.56. The van der Waals surface area contributed by atoms with E-state index in [1.807, 2.05) is 40.1 Å². The Hall–Kier alpha value is -11.0. The summed E-state index contributed by atoms with van der Waals surface area (Å²) in [6.07, 6.45) is 48.1. The number of nitrogens with zero attached hydrogens (tertiary/aromatic N) is 6. The Kier molecular flexibility index (Phi) is 34.4. The number of hydrogen-bond donors (Lipinski definition) is 0. The van der Waals surface area contributed by atoms with Crippen LogP contribution >= 0.6 is 68.0 Å². The Morgan fingerprint density at radius 1 is 0.269 bits per heavy atom. The summed E-state index contributed by atoms with van der Waals surface area (Å²) in [5.74, 6) is 0. The zero-order chi connectivity index (χ0) is 92.3. The van der Waals surface area contributed by atoms with Crippen molar-refractivity contribution >= 4 is 114 Å². The van der Waals surface area contributed by atoms with Gasteiger partial charge in [-0.2, -0.15) is 0 Å². The predicted octanol–water partition coefficient (Wildman–Crippen LogP) is 40.9. The third-order valence-electron chi connectivity index (χ3n) is 27.8. The molecule has 0 amide bonds. The van der Waals surface area contributed by atoms with Gasteiger partial charge in [-0.25, -0.2) is 20.2 Å². The first kappa shape index (κ1) is 96.1. The van der Waals surface area contributed by atoms with Gasteiger partial charge in [0.2, 0.25) is 0 Å². The van der Waals surface area contributed by atoms with E-state index >= 15 is 0 Å². The van der Waals surface area contributed by atoms with Crippen molar-refractivity contribution in [2.24, 2.45) is 0 Å². The van der Waals surface area contributed by atoms with Crippen molar-refractivity contribution in [1.82, 2.24) is 0 Å². The lowest BCUT2D eigenvalue weighted by Gasteiger charge is -2.34. The average molecular weight is 1870 g/mol. The Morgan fingerprint density at radius 2 is 0.530 bits per heavy atom. The molecule has 0 saturated heterocycles. The van der Waals surface area contributed by atoms with Crippen molar-refractivity contribution in [3.8, 4) is 105 Å². The molecule has 16 rings (SSSR count). The largest absolute Gasteiger partial charge is 0.310 e. The van der Waals surface area contributed by atoms with Gasteiger partial charge in [0.1, 0.15) is 0 Å². The van der Waals surface area contributed by atoms with E-state index in [2.05, 4.69) is 308 Å². The highest BCUT2D eigenvalue weighted by Crippen LogP contribution is 2.62. The minimum Gasteiger partial charge on any atom is -0.310 e. The highest BCUT2D eigenvalue weighted by Gasteiger charge is 2.46. The molecule has 12 heteroatoms. The van der Waals surface area contributed by atoms with E-state index in [0.29, 0.717) is 0 Å². The number of hydrogen-bond acceptors (Lipinski definition) is 10. The maximum absolute atomic E-state index is 10.2. The summed E-state index contributed by atoms with van der Waals surface area (Å²) < 4.78 is 0. The molecule has 2 aliphatic rings. The minimum atomic E-state index is -0.276. The molecular formula is C122H128N6S6. The lowest BCUT2D eigenvalue weighted by atomic mass is 9.70. The number of anilines is 6. The number of allylic oxidation sites excluding steroid dienone is 2. The first-order valence-electron chi connectivity index (χ1n) is 50.2. The van der Waals surface area contributed by atoms with Crippen LogP contribution in [0.3, 0.4) is 0 Å². The van der Waals surface area contributed by atoms with Gasteiger partial charge in [-0.1, -0.05) is 342 Å². The maximum atomic E-state index is 10.2. The summed E-state index contributed by atoms with van der Waals surface area (Å²) in [4.78, 5) is 25.8. The molecule has 682 valence electrons. The second-order valence-corrected chi connectivity index (χ2v) is 43.5. The van der Waals surface area contributed by atoms with Crippen molar-refractivity contribution in [1.29, 1.82) is 10.5 Å². The molecule has 0 radical (unpaired) electrons. The first-order valence-corrected chi connectivity index (χ1v) is 55.1. The maximum Gasteiger partial charge on any atom is 0.263 e. The van der Waals surface area contributed by atoms with Crippen LogP contribution < -0.4 is 9.80 Å². The van der Waals surface area contributed by atoms with Gasteiger partial charge in [0, 0.05) is 105 Å². The normalized spacial score (nSPS) is 12.8. The second-order valence-electron chi connectivity index (χ2n) is 37.0. The van der Waals surface area contributed by atoms with E-state index in [0.717, 1.165) is 103 Å². The Bertz CT molecular complexity index is 6280. The monoisotopic (exact) mass is 1870 g/mol. The van der Waals surface area contributed by atoms with Gasteiger partial charge in [-0.15, -0.1) is 68.0 Å². The van der Waals surface area contributed by atoms with Gasteiger partial charge in [-0.05, 0) is 239 Å². The second kappa shape index (κ2) is 48.0. The van der Waals surface area contributed by atoms with Crippen molar-refractivity contribution in [3.05, 3.63) is 321 Å². The van der Waals surface area contributed by atoms with E-state index < -0.39 is 0 Å². The third kappa shape index (κ3) is 22.7. The Morgan fingerprint density at radius 3 is 0.828 bits per heavy atom. The molecule has 0 spiro atoms. The van der Waals surface area contributed by atoms with Gasteiger partial charge in [-0.3, -0.25) is 0 Å². The van der Waals surface area contributed by atoms with Crippen LogP contribution in [0.4, 0.5) is 34.1 Å². The van der Waals surface area contributed by atoms with E-state index in [-0.39, 0.29) is 22.2 Å². The fraction of sp³-hybridized carbons (Fsp3) is 0.344. The summed E-state index contributed by atoms with van der Waals surface area (Å²) >= 11 is 10.8. The molecule has 6 aromatic heterocycles. The van der Waals surface area contributed by atoms with Gasteiger partial charge in [0.25, 0.3) is 11.4 Å². The van der Waals surface area contributed by atoms with Crippen LogP contribution in [-0.4, -0.2) is 0 Å². The summed E-state index contributed by atoms with van der Waals surface area (Å²) in [6.45, 7) is 24.9. The lowest BCUT2D eigenvalue weighted by Crippen LogP contribution is -2.26. The Balaban J connectivity index is 0.897. The molecule has 0 atom stereocenters. The summed E-state index contributed by atoms with van der Waals surface area (Å²) in [5.41, 5.74) is 22.8. The number of thiophene rings is 6. The number of unbranched alkanes of at least 4 members (excludes halogenated alkanes) is 28. The predicted molar refractivity (Wildman–Crippen MR) is 583 cm³/mol. The smallest absolute Gasteiger partial charge is 0.263 e. The first-order chi connectivity index (χ1) is 66.1.